The third kappa shape index (κ3) is 4.05. The van der Waals surface area contributed by atoms with E-state index in [0.717, 1.165) is 42.6 Å². The molecular weight excluding hydrogens is 439 g/mol. The number of nitrogens with one attached hydrogen (secondary N) is 1. The van der Waals surface area contributed by atoms with Crippen LogP contribution in [0.1, 0.15) is 43.7 Å². The van der Waals surface area contributed by atoms with Crippen LogP contribution in [0.4, 0.5) is 10.1 Å². The largest absolute Gasteiger partial charge is 0.359 e. The van der Waals surface area contributed by atoms with Crippen LogP contribution in [0.15, 0.2) is 48.7 Å². The molecule has 3 aromatic rings. The van der Waals surface area contributed by atoms with Crippen molar-refractivity contribution in [2.75, 3.05) is 30.5 Å². The summed E-state index contributed by atoms with van der Waals surface area (Å²) in [5, 5.41) is 0.971. The number of para-hydroxylation sites is 2. The van der Waals surface area contributed by atoms with Crippen molar-refractivity contribution in [3.63, 3.8) is 0 Å². The van der Waals surface area contributed by atoms with Crippen LogP contribution in [0.2, 0.25) is 0 Å². The summed E-state index contributed by atoms with van der Waals surface area (Å²) < 4.78 is 43.9. The maximum absolute atomic E-state index is 14.1. The van der Waals surface area contributed by atoms with Crippen molar-refractivity contribution in [3.8, 4) is 0 Å². The van der Waals surface area contributed by atoms with E-state index in [1.165, 1.54) is 11.6 Å². The van der Waals surface area contributed by atoms with E-state index < -0.39 is 10.2 Å². The van der Waals surface area contributed by atoms with E-state index in [2.05, 4.69) is 9.88 Å². The summed E-state index contributed by atoms with van der Waals surface area (Å²) in [7, 11) is -3.55. The number of benzene rings is 2. The Morgan fingerprint density at radius 1 is 1.06 bits per heavy atom. The van der Waals surface area contributed by atoms with Crippen molar-refractivity contribution < 1.29 is 12.8 Å². The summed E-state index contributed by atoms with van der Waals surface area (Å²) >= 11 is 0. The molecule has 2 aromatic carbocycles. The van der Waals surface area contributed by atoms with Gasteiger partial charge in [-0.25, -0.2) is 4.39 Å². The molecule has 8 heteroatoms. The zero-order valence-corrected chi connectivity index (χ0v) is 20.0. The monoisotopic (exact) mass is 470 g/mol. The number of halogens is 1. The average Bonchev–Trinajstić information content (AvgIpc) is 3.23. The number of hydrogen-bond donors (Lipinski definition) is 1. The van der Waals surface area contributed by atoms with Crippen LogP contribution >= 0.6 is 0 Å². The van der Waals surface area contributed by atoms with Gasteiger partial charge in [0, 0.05) is 37.3 Å². The number of likely N-dealkylation sites (tertiary alicyclic amines) is 1. The number of anilines is 1. The fourth-order valence-corrected chi connectivity index (χ4v) is 7.08. The summed E-state index contributed by atoms with van der Waals surface area (Å²) in [5.41, 5.74) is 3.61. The minimum absolute atomic E-state index is 0.0948. The summed E-state index contributed by atoms with van der Waals surface area (Å²) in [5.74, 6) is 0.169. The minimum atomic E-state index is -3.55. The van der Waals surface area contributed by atoms with Gasteiger partial charge in [-0.3, -0.25) is 4.31 Å². The summed E-state index contributed by atoms with van der Waals surface area (Å²) in [6.45, 7) is 7.19. The van der Waals surface area contributed by atoms with Gasteiger partial charge in [0.05, 0.1) is 11.2 Å². The first-order valence-electron chi connectivity index (χ1n) is 11.7. The average molecular weight is 471 g/mol. The van der Waals surface area contributed by atoms with Gasteiger partial charge in [-0.15, -0.1) is 0 Å². The van der Waals surface area contributed by atoms with Crippen molar-refractivity contribution in [1.82, 2.24) is 14.2 Å². The Morgan fingerprint density at radius 2 is 1.82 bits per heavy atom. The van der Waals surface area contributed by atoms with Crippen LogP contribution in [-0.2, 0) is 16.8 Å². The Bertz CT molecular complexity index is 1250. The van der Waals surface area contributed by atoms with Gasteiger partial charge in [-0.05, 0) is 69.0 Å². The van der Waals surface area contributed by atoms with Gasteiger partial charge in [0.15, 0.2) is 0 Å². The molecule has 0 unspecified atom stereocenters. The predicted octanol–water partition coefficient (Wildman–Crippen LogP) is 4.46. The van der Waals surface area contributed by atoms with E-state index in [-0.39, 0.29) is 11.9 Å². The first-order valence-corrected chi connectivity index (χ1v) is 13.1. The van der Waals surface area contributed by atoms with Gasteiger partial charge in [0.25, 0.3) is 0 Å². The molecule has 2 aliphatic rings. The second kappa shape index (κ2) is 8.74. The molecule has 0 aliphatic carbocycles. The summed E-state index contributed by atoms with van der Waals surface area (Å²) in [4.78, 5) is 5.44. The van der Waals surface area contributed by atoms with Crippen molar-refractivity contribution in [2.24, 2.45) is 0 Å². The molecule has 1 saturated heterocycles. The predicted molar refractivity (Wildman–Crippen MR) is 130 cm³/mol. The second-order valence-electron chi connectivity index (χ2n) is 9.37. The highest BCUT2D eigenvalue weighted by molar-refractivity contribution is 7.90. The first-order chi connectivity index (χ1) is 15.9. The lowest BCUT2D eigenvalue weighted by molar-refractivity contribution is 0.217. The molecule has 176 valence electrons. The molecule has 33 heavy (non-hydrogen) atoms. The molecular formula is C25H31FN4O2S. The number of aromatic nitrogens is 1. The molecule has 0 radical (unpaired) electrons. The zero-order chi connectivity index (χ0) is 23.2. The number of aromatic amines is 1. The highest BCUT2D eigenvalue weighted by Gasteiger charge is 2.38. The normalized spacial score (nSPS) is 19.9. The van der Waals surface area contributed by atoms with E-state index in [0.29, 0.717) is 31.1 Å². The third-order valence-corrected chi connectivity index (χ3v) is 9.16. The Balaban J connectivity index is 1.27. The highest BCUT2D eigenvalue weighted by atomic mass is 32.2. The van der Waals surface area contributed by atoms with Crippen molar-refractivity contribution >= 4 is 26.8 Å². The molecule has 2 aliphatic heterocycles. The molecule has 3 heterocycles. The fourth-order valence-electron chi connectivity index (χ4n) is 5.25. The van der Waals surface area contributed by atoms with Crippen LogP contribution in [-0.4, -0.2) is 54.8 Å². The molecule has 0 atom stereocenters. The summed E-state index contributed by atoms with van der Waals surface area (Å²) in [6.07, 6.45) is 3.90. The number of H-pyrrole nitrogens is 1. The molecule has 0 bridgehead atoms. The molecule has 0 amide bonds. The number of rotatable bonds is 5. The quantitative estimate of drug-likeness (QED) is 0.599. The van der Waals surface area contributed by atoms with E-state index in [9.17, 15) is 12.8 Å². The zero-order valence-electron chi connectivity index (χ0n) is 19.2. The number of nitrogens with zero attached hydrogens (tertiary/aromatic N) is 3. The maximum Gasteiger partial charge on any atom is 0.304 e. The topological polar surface area (TPSA) is 59.6 Å². The number of fused-ring (bicyclic) bond motifs is 2. The molecule has 1 fully saturated rings. The van der Waals surface area contributed by atoms with Crippen LogP contribution in [0.25, 0.3) is 10.9 Å². The van der Waals surface area contributed by atoms with E-state index in [1.54, 1.807) is 14.7 Å². The first kappa shape index (κ1) is 22.4. The van der Waals surface area contributed by atoms with Crippen molar-refractivity contribution in [3.05, 3.63) is 65.6 Å². The Hall–Kier alpha value is -2.42. The van der Waals surface area contributed by atoms with E-state index >= 15 is 0 Å². The van der Waals surface area contributed by atoms with Gasteiger partial charge in [-0.2, -0.15) is 12.7 Å². The second-order valence-corrected chi connectivity index (χ2v) is 11.2. The lowest BCUT2D eigenvalue weighted by Gasteiger charge is -2.40. The number of piperidine rings is 1. The highest BCUT2D eigenvalue weighted by Crippen LogP contribution is 2.35. The molecule has 6 nitrogen and oxygen atoms in total. The fraction of sp³-hybridized carbons (Fsp3) is 0.440. The lowest BCUT2D eigenvalue weighted by atomic mass is 9.89. The van der Waals surface area contributed by atoms with Crippen LogP contribution in [0.5, 0.6) is 0 Å². The number of hydrogen-bond acceptors (Lipinski definition) is 3. The Morgan fingerprint density at radius 3 is 2.58 bits per heavy atom. The lowest BCUT2D eigenvalue weighted by Crippen LogP contribution is -2.52. The summed E-state index contributed by atoms with van der Waals surface area (Å²) in [6, 6.07) is 12.9. The van der Waals surface area contributed by atoms with Gasteiger partial charge < -0.3 is 9.88 Å². The Labute approximate surface area is 195 Å². The van der Waals surface area contributed by atoms with Crippen molar-refractivity contribution in [2.45, 2.75) is 45.2 Å². The molecule has 0 saturated carbocycles. The van der Waals surface area contributed by atoms with Gasteiger partial charge in [-0.1, -0.05) is 30.3 Å². The van der Waals surface area contributed by atoms with Crippen LogP contribution in [0.3, 0.4) is 0 Å². The van der Waals surface area contributed by atoms with Gasteiger partial charge >= 0.3 is 10.2 Å². The van der Waals surface area contributed by atoms with Crippen LogP contribution in [0, 0.1) is 5.82 Å². The van der Waals surface area contributed by atoms with E-state index in [4.69, 9.17) is 0 Å². The Kier molecular flexibility index (Phi) is 5.93. The molecule has 1 aromatic heterocycles. The van der Waals surface area contributed by atoms with Crippen LogP contribution < -0.4 is 4.31 Å². The van der Waals surface area contributed by atoms with E-state index in [1.807, 2.05) is 50.4 Å². The molecule has 5 rings (SSSR count). The third-order valence-electron chi connectivity index (χ3n) is 7.08. The molecule has 0 spiro atoms. The van der Waals surface area contributed by atoms with Gasteiger partial charge in [0.1, 0.15) is 5.82 Å². The standard InChI is InChI=1S/C25H31FN4O2S/c1-18(2)30-17-20-6-3-4-9-24(20)29(33(30,31)32)15-14-28-12-10-19(11-13-28)22-16-27-25-21(22)7-5-8-23(25)26/h3-9,16,18-19,27H,10-15,17H2,1-2H3. The maximum atomic E-state index is 14.1. The SMILES string of the molecule is CC(C)N1Cc2ccccc2N(CCN2CCC(c3c[nH]c4c(F)cccc34)CC2)S1(=O)=O. The minimum Gasteiger partial charge on any atom is -0.359 e. The smallest absolute Gasteiger partial charge is 0.304 e. The van der Waals surface area contributed by atoms with Crippen molar-refractivity contribution in [1.29, 1.82) is 0 Å². The molecule has 1 N–H and O–H groups in total. The van der Waals surface area contributed by atoms with Gasteiger partial charge in [0.2, 0.25) is 0 Å².